The molecule has 1 nitrogen and oxygen atoms in total. The first-order valence-corrected chi connectivity index (χ1v) is 5.47. The van der Waals surface area contributed by atoms with E-state index in [9.17, 15) is 4.39 Å². The van der Waals surface area contributed by atoms with Gasteiger partial charge in [0.1, 0.15) is 6.17 Å². The molecule has 1 unspecified atom stereocenters. The first-order chi connectivity index (χ1) is 6.11. The van der Waals surface area contributed by atoms with Crippen LogP contribution in [0, 0.1) is 11.8 Å². The van der Waals surface area contributed by atoms with Gasteiger partial charge in [-0.3, -0.25) is 4.90 Å². The summed E-state index contributed by atoms with van der Waals surface area (Å²) in [4.78, 5) is 2.27. The van der Waals surface area contributed by atoms with Crippen molar-refractivity contribution in [2.24, 2.45) is 11.8 Å². The van der Waals surface area contributed by atoms with E-state index in [0.29, 0.717) is 17.9 Å². The van der Waals surface area contributed by atoms with Gasteiger partial charge in [0.05, 0.1) is 0 Å². The van der Waals surface area contributed by atoms with E-state index in [0.717, 1.165) is 12.8 Å². The topological polar surface area (TPSA) is 3.24 Å². The Morgan fingerprint density at radius 3 is 2.62 bits per heavy atom. The highest BCUT2D eigenvalue weighted by atomic mass is 19.1. The second-order valence-electron chi connectivity index (χ2n) is 5.05. The van der Waals surface area contributed by atoms with Crippen LogP contribution in [-0.4, -0.2) is 30.2 Å². The molecule has 76 valence electrons. The van der Waals surface area contributed by atoms with E-state index in [4.69, 9.17) is 0 Å². The molecule has 0 N–H and O–H groups in total. The summed E-state index contributed by atoms with van der Waals surface area (Å²) in [6, 6.07) is 0.899. The first-order valence-electron chi connectivity index (χ1n) is 5.47. The minimum Gasteiger partial charge on any atom is -0.298 e. The van der Waals surface area contributed by atoms with Gasteiger partial charge >= 0.3 is 0 Å². The molecular formula is C11H20FN. The molecule has 0 aromatic heterocycles. The summed E-state index contributed by atoms with van der Waals surface area (Å²) in [7, 11) is 2.09. The van der Waals surface area contributed by atoms with Crippen molar-refractivity contribution in [3.05, 3.63) is 0 Å². The second-order valence-corrected chi connectivity index (χ2v) is 5.05. The highest BCUT2D eigenvalue weighted by molar-refractivity contribution is 4.99. The summed E-state index contributed by atoms with van der Waals surface area (Å²) < 4.78 is 14.0. The van der Waals surface area contributed by atoms with Crippen LogP contribution < -0.4 is 0 Å². The summed E-state index contributed by atoms with van der Waals surface area (Å²) in [5.41, 5.74) is 0. The molecule has 2 aliphatic rings. The maximum Gasteiger partial charge on any atom is 0.119 e. The number of halogens is 1. The second kappa shape index (κ2) is 3.23. The normalized spacial score (nSPS) is 45.9. The molecular weight excluding hydrogens is 165 g/mol. The molecule has 13 heavy (non-hydrogen) atoms. The summed E-state index contributed by atoms with van der Waals surface area (Å²) in [5, 5.41) is 0. The molecule has 4 atom stereocenters. The third-order valence-corrected chi connectivity index (χ3v) is 4.07. The fourth-order valence-corrected chi connectivity index (χ4v) is 3.08. The Hall–Kier alpha value is -0.110. The Balaban J connectivity index is 2.13. The number of rotatable bonds is 1. The molecule has 2 fully saturated rings. The van der Waals surface area contributed by atoms with Crippen molar-refractivity contribution < 1.29 is 4.39 Å². The molecule has 0 aromatic rings. The Bertz CT molecular complexity index is 193. The summed E-state index contributed by atoms with van der Waals surface area (Å²) in [6.07, 6.45) is 2.78. The molecule has 2 rings (SSSR count). The maximum atomic E-state index is 14.0. The van der Waals surface area contributed by atoms with Crippen LogP contribution in [0.3, 0.4) is 0 Å². The monoisotopic (exact) mass is 185 g/mol. The smallest absolute Gasteiger partial charge is 0.119 e. The number of nitrogens with zero attached hydrogens (tertiary/aromatic N) is 1. The minimum absolute atomic E-state index is 0.228. The highest BCUT2D eigenvalue weighted by Gasteiger charge is 2.46. The Kier molecular flexibility index (Phi) is 2.35. The predicted molar refractivity (Wildman–Crippen MR) is 52.4 cm³/mol. The zero-order valence-corrected chi connectivity index (χ0v) is 8.83. The first kappa shape index (κ1) is 9.45. The molecule has 0 aliphatic carbocycles. The van der Waals surface area contributed by atoms with Crippen molar-refractivity contribution in [2.75, 3.05) is 7.05 Å². The molecule has 0 aromatic carbocycles. The number of piperidine rings is 1. The van der Waals surface area contributed by atoms with Gasteiger partial charge in [0.2, 0.25) is 0 Å². The van der Waals surface area contributed by atoms with Crippen LogP contribution in [0.1, 0.15) is 33.1 Å². The molecule has 2 heterocycles. The van der Waals surface area contributed by atoms with E-state index in [1.807, 2.05) is 0 Å². The molecule has 2 bridgehead atoms. The third-order valence-electron chi connectivity index (χ3n) is 4.07. The SMILES string of the molecule is CC(C)[C@H]1C[C@@H]2CC[C@H](C1F)N2C. The third kappa shape index (κ3) is 1.39. The van der Waals surface area contributed by atoms with Crippen molar-refractivity contribution in [1.29, 1.82) is 0 Å². The molecule has 2 aliphatic heterocycles. The number of hydrogen-bond donors (Lipinski definition) is 0. The van der Waals surface area contributed by atoms with Gasteiger partial charge in [-0.25, -0.2) is 4.39 Å². The largest absolute Gasteiger partial charge is 0.298 e. The Labute approximate surface area is 80.3 Å². The van der Waals surface area contributed by atoms with Crippen molar-refractivity contribution in [3.63, 3.8) is 0 Å². The number of alkyl halides is 1. The van der Waals surface area contributed by atoms with Crippen LogP contribution in [-0.2, 0) is 0 Å². The van der Waals surface area contributed by atoms with E-state index in [-0.39, 0.29) is 6.04 Å². The van der Waals surface area contributed by atoms with E-state index in [2.05, 4.69) is 25.8 Å². The van der Waals surface area contributed by atoms with Crippen molar-refractivity contribution in [3.8, 4) is 0 Å². The summed E-state index contributed by atoms with van der Waals surface area (Å²) in [6.45, 7) is 4.31. The van der Waals surface area contributed by atoms with E-state index >= 15 is 0 Å². The molecule has 0 spiro atoms. The zero-order valence-electron chi connectivity index (χ0n) is 8.83. The molecule has 0 amide bonds. The lowest BCUT2D eigenvalue weighted by atomic mass is 9.81. The molecule has 2 saturated heterocycles. The molecule has 0 radical (unpaired) electrons. The van der Waals surface area contributed by atoms with Crippen molar-refractivity contribution in [1.82, 2.24) is 4.90 Å². The highest BCUT2D eigenvalue weighted by Crippen LogP contribution is 2.41. The molecule has 0 saturated carbocycles. The van der Waals surface area contributed by atoms with Crippen LogP contribution in [0.25, 0.3) is 0 Å². The van der Waals surface area contributed by atoms with Crippen LogP contribution in [0.2, 0.25) is 0 Å². The number of hydrogen-bond acceptors (Lipinski definition) is 1. The standard InChI is InChI=1S/C11H20FN/c1-7(2)9-6-8-4-5-10(11(9)12)13(8)3/h7-11H,4-6H2,1-3H3/t8-,9+,10+,11?/m0/s1. The summed E-state index contributed by atoms with van der Waals surface area (Å²) >= 11 is 0. The quantitative estimate of drug-likeness (QED) is 0.606. The fourth-order valence-electron chi connectivity index (χ4n) is 3.08. The minimum atomic E-state index is -0.580. The van der Waals surface area contributed by atoms with Gasteiger partial charge in [-0.15, -0.1) is 0 Å². The van der Waals surface area contributed by atoms with Crippen LogP contribution in [0.15, 0.2) is 0 Å². The number of fused-ring (bicyclic) bond motifs is 2. The van der Waals surface area contributed by atoms with Gasteiger partial charge in [0.15, 0.2) is 0 Å². The van der Waals surface area contributed by atoms with Gasteiger partial charge in [0, 0.05) is 12.1 Å². The Morgan fingerprint density at radius 1 is 1.31 bits per heavy atom. The lowest BCUT2D eigenvalue weighted by Crippen LogP contribution is -2.49. The Morgan fingerprint density at radius 2 is 2.00 bits per heavy atom. The zero-order chi connectivity index (χ0) is 9.59. The summed E-state index contributed by atoms with van der Waals surface area (Å²) in [5.74, 6) is 0.820. The van der Waals surface area contributed by atoms with E-state index in [1.165, 1.54) is 6.42 Å². The molecule has 2 heteroatoms. The average Bonchev–Trinajstić information content (AvgIpc) is 2.29. The van der Waals surface area contributed by atoms with Crippen molar-refractivity contribution >= 4 is 0 Å². The lowest BCUT2D eigenvalue weighted by Gasteiger charge is -2.40. The van der Waals surface area contributed by atoms with E-state index < -0.39 is 6.17 Å². The van der Waals surface area contributed by atoms with Gasteiger partial charge in [-0.1, -0.05) is 13.8 Å². The van der Waals surface area contributed by atoms with Gasteiger partial charge in [-0.2, -0.15) is 0 Å². The lowest BCUT2D eigenvalue weighted by molar-refractivity contribution is 0.0199. The van der Waals surface area contributed by atoms with Gasteiger partial charge in [0.25, 0.3) is 0 Å². The van der Waals surface area contributed by atoms with Gasteiger partial charge in [-0.05, 0) is 38.1 Å². The fraction of sp³-hybridized carbons (Fsp3) is 1.00. The van der Waals surface area contributed by atoms with Crippen LogP contribution in [0.4, 0.5) is 4.39 Å². The van der Waals surface area contributed by atoms with Crippen LogP contribution in [0.5, 0.6) is 0 Å². The predicted octanol–water partition coefficient (Wildman–Crippen LogP) is 2.46. The van der Waals surface area contributed by atoms with E-state index in [1.54, 1.807) is 0 Å². The van der Waals surface area contributed by atoms with Crippen LogP contribution >= 0.6 is 0 Å². The maximum absolute atomic E-state index is 14.0. The van der Waals surface area contributed by atoms with Gasteiger partial charge < -0.3 is 0 Å². The van der Waals surface area contributed by atoms with Crippen molar-refractivity contribution in [2.45, 2.75) is 51.4 Å². The average molecular weight is 185 g/mol.